The molecule has 0 aliphatic heterocycles. The maximum atomic E-state index is 12.7. The van der Waals surface area contributed by atoms with Crippen molar-refractivity contribution in [3.63, 3.8) is 0 Å². The van der Waals surface area contributed by atoms with Crippen LogP contribution in [0.2, 0.25) is 5.02 Å². The molecule has 0 aromatic heterocycles. The highest BCUT2D eigenvalue weighted by atomic mass is 35.5. The van der Waals surface area contributed by atoms with Crippen LogP contribution in [0.15, 0.2) is 42.5 Å². The van der Waals surface area contributed by atoms with Crippen molar-refractivity contribution >= 4 is 33.0 Å². The topological polar surface area (TPSA) is 80.5 Å². The summed E-state index contributed by atoms with van der Waals surface area (Å²) in [6.07, 6.45) is 0. The molecule has 0 aliphatic carbocycles. The third-order valence-corrected chi connectivity index (χ3v) is 5.56. The fourth-order valence-corrected chi connectivity index (χ4v) is 4.13. The predicted octanol–water partition coefficient (Wildman–Crippen LogP) is 3.91. The summed E-state index contributed by atoms with van der Waals surface area (Å²) in [6, 6.07) is 11.1. The molecule has 128 valence electrons. The number of anilines is 1. The molecule has 0 heterocycles. The second kappa shape index (κ2) is 7.19. The maximum Gasteiger partial charge on any atom is 0.295 e. The number of sulfonamides is 1. The first kappa shape index (κ1) is 18.2. The van der Waals surface area contributed by atoms with E-state index in [1.54, 1.807) is 19.1 Å². The lowest BCUT2D eigenvalue weighted by atomic mass is 10.2. The van der Waals surface area contributed by atoms with Crippen molar-refractivity contribution in [2.24, 2.45) is 0 Å². The SMILES string of the molecule is CCN(c1ccc(Cl)cc1[N+](=O)[O-])S(=O)(=O)Cc1ccc(C)cc1. The quantitative estimate of drug-likeness (QED) is 0.571. The molecule has 0 saturated heterocycles. The monoisotopic (exact) mass is 368 g/mol. The number of aryl methyl sites for hydroxylation is 1. The lowest BCUT2D eigenvalue weighted by molar-refractivity contribution is -0.384. The zero-order valence-electron chi connectivity index (χ0n) is 13.3. The Balaban J connectivity index is 2.43. The maximum absolute atomic E-state index is 12.7. The fourth-order valence-electron chi connectivity index (χ4n) is 2.34. The Kier molecular flexibility index (Phi) is 5.46. The van der Waals surface area contributed by atoms with Gasteiger partial charge in [-0.15, -0.1) is 0 Å². The van der Waals surface area contributed by atoms with Crippen molar-refractivity contribution in [2.45, 2.75) is 19.6 Å². The van der Waals surface area contributed by atoms with Crippen molar-refractivity contribution in [3.05, 3.63) is 68.7 Å². The molecule has 0 bridgehead atoms. The zero-order valence-corrected chi connectivity index (χ0v) is 14.8. The smallest absolute Gasteiger partial charge is 0.263 e. The number of nitrogens with zero attached hydrogens (tertiary/aromatic N) is 2. The van der Waals surface area contributed by atoms with Crippen LogP contribution in [0.1, 0.15) is 18.1 Å². The second-order valence-electron chi connectivity index (χ2n) is 5.30. The lowest BCUT2D eigenvalue weighted by Gasteiger charge is -2.22. The minimum Gasteiger partial charge on any atom is -0.263 e. The summed E-state index contributed by atoms with van der Waals surface area (Å²) in [6.45, 7) is 3.62. The summed E-state index contributed by atoms with van der Waals surface area (Å²) in [4.78, 5) is 10.6. The molecule has 0 saturated carbocycles. The Morgan fingerprint density at radius 1 is 1.17 bits per heavy atom. The van der Waals surface area contributed by atoms with E-state index in [0.29, 0.717) is 5.56 Å². The number of hydrogen-bond donors (Lipinski definition) is 0. The summed E-state index contributed by atoms with van der Waals surface area (Å²) < 4.78 is 26.5. The van der Waals surface area contributed by atoms with Gasteiger partial charge in [0.1, 0.15) is 5.69 Å². The molecule has 0 aliphatic rings. The van der Waals surface area contributed by atoms with Gasteiger partial charge in [0.05, 0.1) is 10.7 Å². The molecule has 2 rings (SSSR count). The highest BCUT2D eigenvalue weighted by molar-refractivity contribution is 7.92. The number of hydrogen-bond acceptors (Lipinski definition) is 4. The Morgan fingerprint density at radius 2 is 1.79 bits per heavy atom. The van der Waals surface area contributed by atoms with Gasteiger partial charge in [0, 0.05) is 17.6 Å². The summed E-state index contributed by atoms with van der Waals surface area (Å²) in [5.41, 5.74) is 1.32. The van der Waals surface area contributed by atoms with Gasteiger partial charge in [-0.3, -0.25) is 14.4 Å². The third kappa shape index (κ3) is 4.04. The molecule has 0 unspecified atom stereocenters. The summed E-state index contributed by atoms with van der Waals surface area (Å²) in [7, 11) is -3.77. The normalized spacial score (nSPS) is 11.3. The predicted molar refractivity (Wildman–Crippen MR) is 94.9 cm³/mol. The van der Waals surface area contributed by atoms with Crippen LogP contribution in [0.25, 0.3) is 0 Å². The van der Waals surface area contributed by atoms with Gasteiger partial charge >= 0.3 is 0 Å². The van der Waals surface area contributed by atoms with E-state index in [4.69, 9.17) is 11.6 Å². The summed E-state index contributed by atoms with van der Waals surface area (Å²) in [5.74, 6) is -0.235. The van der Waals surface area contributed by atoms with Crippen LogP contribution in [0.4, 0.5) is 11.4 Å². The molecule has 2 aromatic carbocycles. The third-order valence-electron chi connectivity index (χ3n) is 3.50. The molecule has 0 amide bonds. The molecule has 0 spiro atoms. The number of rotatable bonds is 6. The van der Waals surface area contributed by atoms with Crippen LogP contribution >= 0.6 is 11.6 Å². The van der Waals surface area contributed by atoms with Gasteiger partial charge in [-0.05, 0) is 31.5 Å². The Hall–Kier alpha value is -2.12. The van der Waals surface area contributed by atoms with E-state index in [2.05, 4.69) is 0 Å². The van der Waals surface area contributed by atoms with E-state index in [1.165, 1.54) is 12.1 Å². The number of benzene rings is 2. The number of halogens is 1. The summed E-state index contributed by atoms with van der Waals surface area (Å²) in [5, 5.41) is 11.4. The first-order chi connectivity index (χ1) is 11.2. The molecule has 6 nitrogen and oxygen atoms in total. The van der Waals surface area contributed by atoms with Gasteiger partial charge in [-0.1, -0.05) is 41.4 Å². The highest BCUT2D eigenvalue weighted by Crippen LogP contribution is 2.33. The summed E-state index contributed by atoms with van der Waals surface area (Å²) >= 11 is 5.80. The van der Waals surface area contributed by atoms with Crippen molar-refractivity contribution in [1.82, 2.24) is 0 Å². The lowest BCUT2D eigenvalue weighted by Crippen LogP contribution is -2.32. The largest absolute Gasteiger partial charge is 0.295 e. The number of nitro groups is 1. The molecule has 0 radical (unpaired) electrons. The minimum atomic E-state index is -3.77. The van der Waals surface area contributed by atoms with E-state index in [1.807, 2.05) is 19.1 Å². The van der Waals surface area contributed by atoms with Gasteiger partial charge < -0.3 is 0 Å². The van der Waals surface area contributed by atoms with Crippen LogP contribution in [0, 0.1) is 17.0 Å². The molecular weight excluding hydrogens is 352 g/mol. The van der Waals surface area contributed by atoms with Gasteiger partial charge in [0.15, 0.2) is 0 Å². The first-order valence-corrected chi connectivity index (χ1v) is 9.23. The van der Waals surface area contributed by atoms with Crippen LogP contribution < -0.4 is 4.31 Å². The molecule has 2 aromatic rings. The van der Waals surface area contributed by atoms with Gasteiger partial charge in [0.25, 0.3) is 5.69 Å². The van der Waals surface area contributed by atoms with Crippen molar-refractivity contribution in [1.29, 1.82) is 0 Å². The Labute approximate surface area is 145 Å². The van der Waals surface area contributed by atoms with Crippen LogP contribution in [0.5, 0.6) is 0 Å². The van der Waals surface area contributed by atoms with Crippen LogP contribution in [-0.4, -0.2) is 19.9 Å². The fraction of sp³-hybridized carbons (Fsp3) is 0.250. The average molecular weight is 369 g/mol. The molecule has 24 heavy (non-hydrogen) atoms. The molecular formula is C16H17ClN2O4S. The van der Waals surface area contributed by atoms with E-state index in [9.17, 15) is 18.5 Å². The van der Waals surface area contributed by atoms with E-state index < -0.39 is 14.9 Å². The molecule has 0 atom stereocenters. The average Bonchev–Trinajstić information content (AvgIpc) is 2.51. The van der Waals surface area contributed by atoms with Crippen LogP contribution in [-0.2, 0) is 15.8 Å². The second-order valence-corrected chi connectivity index (χ2v) is 7.63. The van der Waals surface area contributed by atoms with Crippen molar-refractivity contribution in [2.75, 3.05) is 10.8 Å². The standard InChI is InChI=1S/C16H17ClN2O4S/c1-3-18(15-9-8-14(17)10-16(15)19(20)21)24(22,23)11-13-6-4-12(2)5-7-13/h4-10H,3,11H2,1-2H3. The van der Waals surface area contributed by atoms with Gasteiger partial charge in [0.2, 0.25) is 10.0 Å². The van der Waals surface area contributed by atoms with E-state index >= 15 is 0 Å². The Bertz CT molecular complexity index is 851. The molecule has 0 fully saturated rings. The van der Waals surface area contributed by atoms with Crippen molar-refractivity contribution < 1.29 is 13.3 Å². The van der Waals surface area contributed by atoms with Gasteiger partial charge in [-0.25, -0.2) is 8.42 Å². The molecule has 8 heteroatoms. The molecule has 0 N–H and O–H groups in total. The highest BCUT2D eigenvalue weighted by Gasteiger charge is 2.28. The first-order valence-electron chi connectivity index (χ1n) is 7.24. The minimum absolute atomic E-state index is 0.0130. The van der Waals surface area contributed by atoms with E-state index in [0.717, 1.165) is 15.9 Å². The van der Waals surface area contributed by atoms with Gasteiger partial charge in [-0.2, -0.15) is 0 Å². The van der Waals surface area contributed by atoms with Crippen LogP contribution in [0.3, 0.4) is 0 Å². The van der Waals surface area contributed by atoms with Crippen molar-refractivity contribution in [3.8, 4) is 0 Å². The van der Waals surface area contributed by atoms with E-state index in [-0.39, 0.29) is 28.7 Å². The Morgan fingerprint density at radius 3 is 2.33 bits per heavy atom. The number of nitro benzene ring substituents is 1. The zero-order chi connectivity index (χ0) is 17.9.